The minimum absolute atomic E-state index is 0.0445. The Kier molecular flexibility index (Phi) is 3.76. The van der Waals surface area contributed by atoms with Gasteiger partial charge < -0.3 is 9.64 Å². The van der Waals surface area contributed by atoms with Crippen molar-refractivity contribution in [2.24, 2.45) is 0 Å². The fourth-order valence-corrected chi connectivity index (χ4v) is 2.29. The second-order valence-corrected chi connectivity index (χ2v) is 4.51. The lowest BCUT2D eigenvalue weighted by Gasteiger charge is -2.32. The molecular formula is C12H17N3O3. The third-order valence-electron chi connectivity index (χ3n) is 3.32. The molecule has 0 aromatic carbocycles. The molecule has 6 nitrogen and oxygen atoms in total. The van der Waals surface area contributed by atoms with E-state index in [0.29, 0.717) is 6.10 Å². The standard InChI is InChI=1S/C12H17N3O3/c1-9-7-10(15(16)17)8-13-12(9)14-5-3-11(18-2)4-6-14/h7-8,11H,3-6H2,1-2H3. The molecule has 1 aromatic heterocycles. The van der Waals surface area contributed by atoms with Gasteiger partial charge in [0, 0.05) is 26.3 Å². The molecule has 0 amide bonds. The van der Waals surface area contributed by atoms with Gasteiger partial charge in [0.2, 0.25) is 0 Å². The van der Waals surface area contributed by atoms with Crippen LogP contribution in [0, 0.1) is 17.0 Å². The minimum Gasteiger partial charge on any atom is -0.381 e. The lowest BCUT2D eigenvalue weighted by molar-refractivity contribution is -0.385. The van der Waals surface area contributed by atoms with Crippen LogP contribution in [0.1, 0.15) is 18.4 Å². The Bertz CT molecular complexity index is 442. The van der Waals surface area contributed by atoms with E-state index in [2.05, 4.69) is 9.88 Å². The van der Waals surface area contributed by atoms with Crippen molar-refractivity contribution >= 4 is 11.5 Å². The number of nitrogens with zero attached hydrogens (tertiary/aromatic N) is 3. The molecule has 0 unspecified atom stereocenters. The number of nitro groups is 1. The molecule has 1 saturated heterocycles. The number of anilines is 1. The Hall–Kier alpha value is -1.69. The molecule has 1 aromatic rings. The van der Waals surface area contributed by atoms with E-state index in [9.17, 15) is 10.1 Å². The molecule has 0 bridgehead atoms. The second kappa shape index (κ2) is 5.30. The Balaban J connectivity index is 2.12. The van der Waals surface area contributed by atoms with Crippen molar-refractivity contribution in [3.8, 4) is 0 Å². The molecule has 0 N–H and O–H groups in total. The van der Waals surface area contributed by atoms with Crippen molar-refractivity contribution in [2.75, 3.05) is 25.1 Å². The van der Waals surface area contributed by atoms with Gasteiger partial charge in [-0.25, -0.2) is 4.98 Å². The van der Waals surface area contributed by atoms with E-state index in [1.807, 2.05) is 6.92 Å². The number of ether oxygens (including phenoxy) is 1. The van der Waals surface area contributed by atoms with Crippen LogP contribution < -0.4 is 4.90 Å². The second-order valence-electron chi connectivity index (χ2n) is 4.51. The summed E-state index contributed by atoms with van der Waals surface area (Å²) in [5.41, 5.74) is 0.892. The highest BCUT2D eigenvalue weighted by Gasteiger charge is 2.21. The third-order valence-corrected chi connectivity index (χ3v) is 3.32. The molecule has 0 spiro atoms. The molecule has 0 atom stereocenters. The first-order valence-electron chi connectivity index (χ1n) is 6.00. The molecule has 2 rings (SSSR count). The Morgan fingerprint density at radius 2 is 2.17 bits per heavy atom. The van der Waals surface area contributed by atoms with Gasteiger partial charge in [-0.2, -0.15) is 0 Å². The first-order valence-corrected chi connectivity index (χ1v) is 6.00. The van der Waals surface area contributed by atoms with Crippen LogP contribution >= 0.6 is 0 Å². The molecule has 0 aliphatic carbocycles. The smallest absolute Gasteiger partial charge is 0.287 e. The largest absolute Gasteiger partial charge is 0.381 e. The highest BCUT2D eigenvalue weighted by Crippen LogP contribution is 2.25. The average molecular weight is 251 g/mol. The number of hydrogen-bond donors (Lipinski definition) is 0. The summed E-state index contributed by atoms with van der Waals surface area (Å²) >= 11 is 0. The summed E-state index contributed by atoms with van der Waals surface area (Å²) in [5, 5.41) is 10.7. The van der Waals surface area contributed by atoms with E-state index in [1.165, 1.54) is 6.20 Å². The molecule has 1 fully saturated rings. The van der Waals surface area contributed by atoms with Crippen LogP contribution in [0.25, 0.3) is 0 Å². The van der Waals surface area contributed by atoms with Crippen molar-refractivity contribution in [1.29, 1.82) is 0 Å². The van der Waals surface area contributed by atoms with Crippen molar-refractivity contribution in [3.05, 3.63) is 27.9 Å². The molecule has 2 heterocycles. The minimum atomic E-state index is -0.416. The Morgan fingerprint density at radius 3 is 2.67 bits per heavy atom. The van der Waals surface area contributed by atoms with Crippen LogP contribution in [0.15, 0.2) is 12.3 Å². The van der Waals surface area contributed by atoms with Crippen LogP contribution in [0.2, 0.25) is 0 Å². The summed E-state index contributed by atoms with van der Waals surface area (Å²) in [6.07, 6.45) is 3.58. The van der Waals surface area contributed by atoms with Gasteiger partial charge in [-0.3, -0.25) is 10.1 Å². The molecule has 6 heteroatoms. The molecule has 1 aliphatic heterocycles. The summed E-state index contributed by atoms with van der Waals surface area (Å²) in [4.78, 5) is 16.6. The summed E-state index contributed by atoms with van der Waals surface area (Å²) in [5.74, 6) is 0.843. The highest BCUT2D eigenvalue weighted by atomic mass is 16.6. The van der Waals surface area contributed by atoms with E-state index < -0.39 is 4.92 Å². The first kappa shape index (κ1) is 12.8. The number of hydrogen-bond acceptors (Lipinski definition) is 5. The van der Waals surface area contributed by atoms with Crippen molar-refractivity contribution in [2.45, 2.75) is 25.9 Å². The number of aromatic nitrogens is 1. The van der Waals surface area contributed by atoms with Gasteiger partial charge in [-0.1, -0.05) is 0 Å². The number of piperidine rings is 1. The highest BCUT2D eigenvalue weighted by molar-refractivity contribution is 5.50. The van der Waals surface area contributed by atoms with Gasteiger partial charge in [0.25, 0.3) is 5.69 Å². The van der Waals surface area contributed by atoms with E-state index in [-0.39, 0.29) is 5.69 Å². The molecule has 98 valence electrons. The van der Waals surface area contributed by atoms with Crippen molar-refractivity contribution in [3.63, 3.8) is 0 Å². The van der Waals surface area contributed by atoms with E-state index in [1.54, 1.807) is 13.2 Å². The maximum atomic E-state index is 10.7. The predicted molar refractivity (Wildman–Crippen MR) is 67.9 cm³/mol. The maximum Gasteiger partial charge on any atom is 0.287 e. The quantitative estimate of drug-likeness (QED) is 0.606. The maximum absolute atomic E-state index is 10.7. The zero-order valence-electron chi connectivity index (χ0n) is 10.6. The number of methoxy groups -OCH3 is 1. The van der Waals surface area contributed by atoms with Gasteiger partial charge >= 0.3 is 0 Å². The van der Waals surface area contributed by atoms with Gasteiger partial charge in [-0.05, 0) is 25.3 Å². The normalized spacial score (nSPS) is 16.9. The van der Waals surface area contributed by atoms with Gasteiger partial charge in [0.05, 0.1) is 11.0 Å². The number of rotatable bonds is 3. The fourth-order valence-electron chi connectivity index (χ4n) is 2.29. The average Bonchev–Trinajstić information content (AvgIpc) is 2.38. The molecule has 1 aliphatic rings. The van der Waals surface area contributed by atoms with Crippen LogP contribution in [-0.4, -0.2) is 36.2 Å². The fraction of sp³-hybridized carbons (Fsp3) is 0.583. The zero-order chi connectivity index (χ0) is 13.1. The molecule has 18 heavy (non-hydrogen) atoms. The summed E-state index contributed by atoms with van der Waals surface area (Å²) in [7, 11) is 1.73. The van der Waals surface area contributed by atoms with Gasteiger partial charge in [0.1, 0.15) is 12.0 Å². The lowest BCUT2D eigenvalue weighted by atomic mass is 10.1. The summed E-state index contributed by atoms with van der Waals surface area (Å²) in [6.45, 7) is 3.62. The summed E-state index contributed by atoms with van der Waals surface area (Å²) in [6, 6.07) is 1.57. The predicted octanol–water partition coefficient (Wildman–Crippen LogP) is 1.91. The van der Waals surface area contributed by atoms with Crippen molar-refractivity contribution < 1.29 is 9.66 Å². The van der Waals surface area contributed by atoms with Crippen LogP contribution in [0.5, 0.6) is 0 Å². The Morgan fingerprint density at radius 1 is 1.50 bits per heavy atom. The Labute approximate surface area is 106 Å². The van der Waals surface area contributed by atoms with Crippen LogP contribution in [0.3, 0.4) is 0 Å². The van der Waals surface area contributed by atoms with E-state index in [4.69, 9.17) is 4.74 Å². The third kappa shape index (κ3) is 2.59. The molecule has 0 saturated carbocycles. The number of pyridine rings is 1. The molecular weight excluding hydrogens is 234 g/mol. The van der Waals surface area contributed by atoms with E-state index >= 15 is 0 Å². The summed E-state index contributed by atoms with van der Waals surface area (Å²) < 4.78 is 5.32. The van der Waals surface area contributed by atoms with Gasteiger partial charge in [0.15, 0.2) is 0 Å². The van der Waals surface area contributed by atoms with Crippen LogP contribution in [-0.2, 0) is 4.74 Å². The SMILES string of the molecule is COC1CCN(c2ncc([N+](=O)[O-])cc2C)CC1. The van der Waals surface area contributed by atoms with Gasteiger partial charge in [-0.15, -0.1) is 0 Å². The monoisotopic (exact) mass is 251 g/mol. The van der Waals surface area contributed by atoms with Crippen molar-refractivity contribution in [1.82, 2.24) is 4.98 Å². The lowest BCUT2D eigenvalue weighted by Crippen LogP contribution is -2.37. The topological polar surface area (TPSA) is 68.5 Å². The first-order chi connectivity index (χ1) is 8.61. The molecule has 0 radical (unpaired) electrons. The van der Waals surface area contributed by atoms with E-state index in [0.717, 1.165) is 37.3 Å². The zero-order valence-corrected chi connectivity index (χ0v) is 10.6. The number of aryl methyl sites for hydroxylation is 1. The van der Waals surface area contributed by atoms with Crippen LogP contribution in [0.4, 0.5) is 11.5 Å².